The fourth-order valence-corrected chi connectivity index (χ4v) is 3.05. The predicted molar refractivity (Wildman–Crippen MR) is 114 cm³/mol. The molecule has 0 aliphatic rings. The molecule has 1 aromatic rings. The van der Waals surface area contributed by atoms with Crippen molar-refractivity contribution in [3.63, 3.8) is 0 Å². The van der Waals surface area contributed by atoms with Crippen LogP contribution >= 0.6 is 0 Å². The largest absolute Gasteiger partial charge is 0.493 e. The van der Waals surface area contributed by atoms with Crippen molar-refractivity contribution in [1.29, 1.82) is 0 Å². The third kappa shape index (κ3) is 7.11. The molecule has 0 bridgehead atoms. The maximum absolute atomic E-state index is 5.79. The molecule has 7 heteroatoms. The van der Waals surface area contributed by atoms with Crippen LogP contribution in [-0.2, 0) is 11.2 Å². The van der Waals surface area contributed by atoms with Crippen molar-refractivity contribution in [2.75, 3.05) is 48.1 Å². The van der Waals surface area contributed by atoms with Gasteiger partial charge in [-0.2, -0.15) is 0 Å². The summed E-state index contributed by atoms with van der Waals surface area (Å²) in [5.41, 5.74) is 1.04. The Labute approximate surface area is 169 Å². The van der Waals surface area contributed by atoms with Gasteiger partial charge in [0, 0.05) is 32.3 Å². The van der Waals surface area contributed by atoms with Gasteiger partial charge < -0.3 is 29.6 Å². The molecule has 0 radical (unpaired) electrons. The number of methoxy groups -OCH3 is 3. The Hall–Kier alpha value is -2.15. The molecule has 1 atom stereocenters. The highest BCUT2D eigenvalue weighted by Gasteiger charge is 2.16. The average Bonchev–Trinajstić information content (AvgIpc) is 2.70. The van der Waals surface area contributed by atoms with Crippen LogP contribution in [0.2, 0.25) is 0 Å². The summed E-state index contributed by atoms with van der Waals surface area (Å²) >= 11 is 0. The second-order valence-electron chi connectivity index (χ2n) is 6.70. The van der Waals surface area contributed by atoms with Crippen molar-refractivity contribution in [1.82, 2.24) is 10.6 Å². The molecule has 0 amide bonds. The van der Waals surface area contributed by atoms with Crippen LogP contribution in [0.3, 0.4) is 0 Å². The third-order valence-electron chi connectivity index (χ3n) is 4.54. The average molecular weight is 396 g/mol. The van der Waals surface area contributed by atoms with Gasteiger partial charge in [-0.05, 0) is 31.7 Å². The van der Waals surface area contributed by atoms with Gasteiger partial charge in [-0.3, -0.25) is 4.99 Å². The lowest BCUT2D eigenvalue weighted by Crippen LogP contribution is -2.40. The molecular formula is C21H37N3O4. The number of hydrogen-bond donors (Lipinski definition) is 2. The summed E-state index contributed by atoms with van der Waals surface area (Å²) < 4.78 is 22.1. The Bertz CT molecular complexity index is 606. The zero-order chi connectivity index (χ0) is 20.9. The molecule has 1 unspecified atom stereocenters. The van der Waals surface area contributed by atoms with Crippen molar-refractivity contribution in [3.05, 3.63) is 17.7 Å². The summed E-state index contributed by atoms with van der Waals surface area (Å²) in [5.74, 6) is 3.24. The van der Waals surface area contributed by atoms with Crippen LogP contribution in [-0.4, -0.2) is 60.1 Å². The van der Waals surface area contributed by atoms with E-state index in [0.717, 1.165) is 37.5 Å². The Kier molecular flexibility index (Phi) is 11.2. The van der Waals surface area contributed by atoms with Crippen LogP contribution < -0.4 is 24.8 Å². The summed E-state index contributed by atoms with van der Waals surface area (Å²) in [6, 6.07) is 3.89. The molecule has 0 saturated heterocycles. The second kappa shape index (κ2) is 13.1. The van der Waals surface area contributed by atoms with E-state index in [-0.39, 0.29) is 6.10 Å². The van der Waals surface area contributed by atoms with E-state index in [4.69, 9.17) is 18.9 Å². The van der Waals surface area contributed by atoms with Crippen LogP contribution in [0.25, 0.3) is 0 Å². The molecule has 28 heavy (non-hydrogen) atoms. The summed E-state index contributed by atoms with van der Waals surface area (Å²) in [7, 11) is 6.64. The topological polar surface area (TPSA) is 73.3 Å². The molecule has 1 rings (SSSR count). The fourth-order valence-electron chi connectivity index (χ4n) is 3.05. The second-order valence-corrected chi connectivity index (χ2v) is 6.70. The van der Waals surface area contributed by atoms with Crippen molar-refractivity contribution < 1.29 is 18.9 Å². The van der Waals surface area contributed by atoms with Crippen LogP contribution in [0, 0.1) is 5.92 Å². The van der Waals surface area contributed by atoms with E-state index >= 15 is 0 Å². The number of nitrogens with one attached hydrogen (secondary N) is 2. The smallest absolute Gasteiger partial charge is 0.203 e. The first-order valence-corrected chi connectivity index (χ1v) is 9.86. The van der Waals surface area contributed by atoms with E-state index in [1.165, 1.54) is 0 Å². The Morgan fingerprint density at radius 2 is 1.68 bits per heavy atom. The fraction of sp³-hybridized carbons (Fsp3) is 0.667. The Morgan fingerprint density at radius 3 is 2.21 bits per heavy atom. The van der Waals surface area contributed by atoms with Gasteiger partial charge in [0.15, 0.2) is 17.5 Å². The van der Waals surface area contributed by atoms with Gasteiger partial charge in [-0.1, -0.05) is 19.9 Å². The SMILES string of the molecule is CCOC(CCNC(=NC)NCCc1ccc(OC)c(OC)c1OC)C(C)C. The zero-order valence-electron chi connectivity index (χ0n) is 18.4. The summed E-state index contributed by atoms with van der Waals surface area (Å²) in [6.45, 7) is 8.66. The molecule has 0 aliphatic carbocycles. The van der Waals surface area contributed by atoms with Gasteiger partial charge >= 0.3 is 0 Å². The molecule has 0 aliphatic heterocycles. The highest BCUT2D eigenvalue weighted by Crippen LogP contribution is 2.39. The van der Waals surface area contributed by atoms with Gasteiger partial charge in [0.2, 0.25) is 5.75 Å². The number of nitrogens with zero attached hydrogens (tertiary/aromatic N) is 1. The summed E-state index contributed by atoms with van der Waals surface area (Å²) in [4.78, 5) is 4.29. The highest BCUT2D eigenvalue weighted by atomic mass is 16.5. The molecule has 160 valence electrons. The first-order chi connectivity index (χ1) is 13.5. The normalized spacial score (nSPS) is 12.6. The first-order valence-electron chi connectivity index (χ1n) is 9.86. The highest BCUT2D eigenvalue weighted by molar-refractivity contribution is 5.79. The van der Waals surface area contributed by atoms with E-state index in [2.05, 4.69) is 29.5 Å². The molecule has 1 aromatic carbocycles. The summed E-state index contributed by atoms with van der Waals surface area (Å²) in [6.07, 6.45) is 1.96. The van der Waals surface area contributed by atoms with E-state index in [1.54, 1.807) is 28.4 Å². The molecule has 0 spiro atoms. The third-order valence-corrected chi connectivity index (χ3v) is 4.54. The lowest BCUT2D eigenvalue weighted by Gasteiger charge is -2.21. The van der Waals surface area contributed by atoms with Crippen LogP contribution in [0.5, 0.6) is 17.2 Å². The Balaban J connectivity index is 2.57. The van der Waals surface area contributed by atoms with Gasteiger partial charge in [0.25, 0.3) is 0 Å². The Morgan fingerprint density at radius 1 is 1.00 bits per heavy atom. The van der Waals surface area contributed by atoms with Gasteiger partial charge in [0.05, 0.1) is 27.4 Å². The van der Waals surface area contributed by atoms with E-state index < -0.39 is 0 Å². The number of hydrogen-bond acceptors (Lipinski definition) is 5. The van der Waals surface area contributed by atoms with E-state index in [0.29, 0.717) is 29.7 Å². The minimum absolute atomic E-state index is 0.256. The predicted octanol–water partition coefficient (Wildman–Crippen LogP) is 2.87. The van der Waals surface area contributed by atoms with E-state index in [1.807, 2.05) is 19.1 Å². The molecule has 0 fully saturated rings. The van der Waals surface area contributed by atoms with Gasteiger partial charge in [-0.25, -0.2) is 0 Å². The number of benzene rings is 1. The molecule has 0 heterocycles. The lowest BCUT2D eigenvalue weighted by molar-refractivity contribution is 0.0258. The lowest BCUT2D eigenvalue weighted by atomic mass is 10.0. The summed E-state index contributed by atoms with van der Waals surface area (Å²) in [5, 5.41) is 6.69. The monoisotopic (exact) mass is 395 g/mol. The van der Waals surface area contributed by atoms with Gasteiger partial charge in [0.1, 0.15) is 0 Å². The number of ether oxygens (including phenoxy) is 4. The van der Waals surface area contributed by atoms with Crippen molar-refractivity contribution in [2.24, 2.45) is 10.9 Å². The number of aliphatic imine (C=N–C) groups is 1. The molecule has 2 N–H and O–H groups in total. The maximum Gasteiger partial charge on any atom is 0.203 e. The van der Waals surface area contributed by atoms with E-state index in [9.17, 15) is 0 Å². The molecule has 7 nitrogen and oxygen atoms in total. The molecule has 0 aromatic heterocycles. The van der Waals surface area contributed by atoms with Crippen molar-refractivity contribution in [3.8, 4) is 17.2 Å². The van der Waals surface area contributed by atoms with Crippen LogP contribution in [0.1, 0.15) is 32.8 Å². The number of rotatable bonds is 12. The maximum atomic E-state index is 5.79. The van der Waals surface area contributed by atoms with Crippen LogP contribution in [0.4, 0.5) is 0 Å². The van der Waals surface area contributed by atoms with Crippen LogP contribution in [0.15, 0.2) is 17.1 Å². The molecule has 0 saturated carbocycles. The minimum Gasteiger partial charge on any atom is -0.493 e. The standard InChI is InChI=1S/C21H37N3O4/c1-8-28-17(15(2)3)12-14-24-21(22-4)23-13-11-16-9-10-18(25-5)20(27-7)19(16)26-6/h9-10,15,17H,8,11-14H2,1-7H3,(H2,22,23,24). The quantitative estimate of drug-likeness (QED) is 0.419. The zero-order valence-corrected chi connectivity index (χ0v) is 18.4. The van der Waals surface area contributed by atoms with Gasteiger partial charge in [-0.15, -0.1) is 0 Å². The van der Waals surface area contributed by atoms with Crippen molar-refractivity contribution >= 4 is 5.96 Å². The first kappa shape index (κ1) is 23.9. The van der Waals surface area contributed by atoms with Crippen molar-refractivity contribution in [2.45, 2.75) is 39.7 Å². The minimum atomic E-state index is 0.256. The molecular weight excluding hydrogens is 358 g/mol. The number of guanidine groups is 1.